The van der Waals surface area contributed by atoms with E-state index in [0.717, 1.165) is 11.3 Å². The summed E-state index contributed by atoms with van der Waals surface area (Å²) in [5.41, 5.74) is 0. The van der Waals surface area contributed by atoms with Crippen LogP contribution in [0.25, 0.3) is 0 Å². The van der Waals surface area contributed by atoms with E-state index in [2.05, 4.69) is 0 Å². The molecule has 0 aliphatic carbocycles. The molecule has 2 aliphatic rings. The number of likely N-dealkylation sites (tertiary alicyclic amines) is 1. The first-order valence-electron chi connectivity index (χ1n) is 7.87. The lowest BCUT2D eigenvalue weighted by atomic mass is 10.1. The lowest BCUT2D eigenvalue weighted by molar-refractivity contribution is -0.141. The van der Waals surface area contributed by atoms with Gasteiger partial charge < -0.3 is 0 Å². The van der Waals surface area contributed by atoms with E-state index < -0.39 is 10.0 Å². The van der Waals surface area contributed by atoms with Crippen LogP contribution in [0.2, 0.25) is 0 Å². The van der Waals surface area contributed by atoms with Gasteiger partial charge in [-0.1, -0.05) is 6.92 Å². The maximum absolute atomic E-state index is 12.7. The first-order valence-corrected chi connectivity index (χ1v) is 10.1. The van der Waals surface area contributed by atoms with Crippen molar-refractivity contribution in [2.24, 2.45) is 0 Å². The van der Waals surface area contributed by atoms with Crippen LogP contribution in [0.1, 0.15) is 37.5 Å². The summed E-state index contributed by atoms with van der Waals surface area (Å²) >= 11 is 1.31. The van der Waals surface area contributed by atoms with E-state index in [1.54, 1.807) is 6.07 Å². The molecule has 0 radical (unpaired) electrons. The first kappa shape index (κ1) is 16.6. The average Bonchev–Trinajstić information content (AvgIpc) is 3.15. The van der Waals surface area contributed by atoms with Crippen LogP contribution in [0.5, 0.6) is 0 Å². The third kappa shape index (κ3) is 3.07. The second-order valence-electron chi connectivity index (χ2n) is 5.87. The quantitative estimate of drug-likeness (QED) is 0.768. The summed E-state index contributed by atoms with van der Waals surface area (Å²) in [4.78, 5) is 26.0. The number of hydrogen-bond acceptors (Lipinski definition) is 5. The molecule has 6 nitrogen and oxygen atoms in total. The maximum Gasteiger partial charge on any atom is 0.252 e. The van der Waals surface area contributed by atoms with Crippen molar-refractivity contribution >= 4 is 33.2 Å². The Morgan fingerprint density at radius 1 is 1.13 bits per heavy atom. The molecule has 126 valence electrons. The van der Waals surface area contributed by atoms with Crippen molar-refractivity contribution in [1.29, 1.82) is 0 Å². The Morgan fingerprint density at radius 2 is 1.74 bits per heavy atom. The van der Waals surface area contributed by atoms with E-state index in [-0.39, 0.29) is 30.7 Å². The van der Waals surface area contributed by atoms with Gasteiger partial charge in [-0.05, 0) is 31.4 Å². The normalized spacial score (nSPS) is 21.3. The summed E-state index contributed by atoms with van der Waals surface area (Å²) < 4.78 is 27.2. The van der Waals surface area contributed by atoms with Gasteiger partial charge in [-0.3, -0.25) is 14.5 Å². The third-order valence-electron chi connectivity index (χ3n) is 4.46. The molecule has 0 bridgehead atoms. The monoisotopic (exact) mass is 356 g/mol. The van der Waals surface area contributed by atoms with Crippen LogP contribution in [-0.2, 0) is 26.0 Å². The molecule has 0 N–H and O–H groups in total. The predicted molar refractivity (Wildman–Crippen MR) is 86.6 cm³/mol. The molecular weight excluding hydrogens is 336 g/mol. The minimum absolute atomic E-state index is 0.123. The topological polar surface area (TPSA) is 74.8 Å². The molecule has 3 rings (SSSR count). The largest absolute Gasteiger partial charge is 0.279 e. The molecule has 1 aromatic heterocycles. The molecule has 2 fully saturated rings. The van der Waals surface area contributed by atoms with Gasteiger partial charge in [0.25, 0.3) is 10.0 Å². The number of sulfonamides is 1. The Hall–Kier alpha value is -1.25. The van der Waals surface area contributed by atoms with Gasteiger partial charge >= 0.3 is 0 Å². The zero-order valence-electron chi connectivity index (χ0n) is 13.0. The Kier molecular flexibility index (Phi) is 4.57. The Balaban J connectivity index is 1.68. The van der Waals surface area contributed by atoms with Crippen molar-refractivity contribution < 1.29 is 18.0 Å². The van der Waals surface area contributed by atoms with Crippen LogP contribution in [0.15, 0.2) is 16.3 Å². The van der Waals surface area contributed by atoms with E-state index in [4.69, 9.17) is 0 Å². The molecular formula is C15H20N2O4S2. The zero-order valence-corrected chi connectivity index (χ0v) is 14.7. The van der Waals surface area contributed by atoms with Crippen molar-refractivity contribution in [1.82, 2.24) is 9.21 Å². The van der Waals surface area contributed by atoms with E-state index in [1.165, 1.54) is 20.5 Å². The molecule has 8 heteroatoms. The number of piperidine rings is 1. The predicted octanol–water partition coefficient (Wildman–Crippen LogP) is 1.61. The standard InChI is InChI=1S/C15H20N2O4S2/c1-2-12-3-6-15(22-12)23(20,21)16-9-7-11(8-10-16)17-13(18)4-5-14(17)19/h3,6,11H,2,4-5,7-10H2,1H3. The van der Waals surface area contributed by atoms with Gasteiger partial charge in [-0.25, -0.2) is 8.42 Å². The van der Waals surface area contributed by atoms with Gasteiger partial charge in [0.05, 0.1) is 0 Å². The van der Waals surface area contributed by atoms with Crippen molar-refractivity contribution in [3.05, 3.63) is 17.0 Å². The van der Waals surface area contributed by atoms with Crippen LogP contribution < -0.4 is 0 Å². The molecule has 2 aliphatic heterocycles. The second-order valence-corrected chi connectivity index (χ2v) is 9.20. The number of nitrogens with zero attached hydrogens (tertiary/aromatic N) is 2. The van der Waals surface area contributed by atoms with Crippen LogP contribution in [0, 0.1) is 0 Å². The Morgan fingerprint density at radius 3 is 2.26 bits per heavy atom. The van der Waals surface area contributed by atoms with E-state index in [9.17, 15) is 18.0 Å². The van der Waals surface area contributed by atoms with Crippen molar-refractivity contribution in [2.75, 3.05) is 13.1 Å². The molecule has 2 saturated heterocycles. The number of hydrogen-bond donors (Lipinski definition) is 0. The van der Waals surface area contributed by atoms with Crippen LogP contribution in [0.4, 0.5) is 0 Å². The molecule has 0 spiro atoms. The Labute approximate surface area is 140 Å². The summed E-state index contributed by atoms with van der Waals surface area (Å²) in [5.74, 6) is -0.246. The maximum atomic E-state index is 12.7. The van der Waals surface area contributed by atoms with Crippen LogP contribution >= 0.6 is 11.3 Å². The molecule has 0 atom stereocenters. The van der Waals surface area contributed by atoms with E-state index in [0.29, 0.717) is 30.1 Å². The van der Waals surface area contributed by atoms with E-state index in [1.807, 2.05) is 13.0 Å². The minimum Gasteiger partial charge on any atom is -0.279 e. The third-order valence-corrected chi connectivity index (χ3v) is 8.05. The number of amides is 2. The van der Waals surface area contributed by atoms with E-state index >= 15 is 0 Å². The van der Waals surface area contributed by atoms with Gasteiger partial charge in [0, 0.05) is 36.9 Å². The first-order chi connectivity index (χ1) is 10.9. The number of imide groups is 1. The summed E-state index contributed by atoms with van der Waals surface area (Å²) in [6, 6.07) is 3.36. The molecule has 2 amide bonds. The summed E-state index contributed by atoms with van der Waals surface area (Å²) in [6.07, 6.45) is 2.42. The number of carbonyl (C=O) groups is 2. The average molecular weight is 356 g/mol. The number of rotatable bonds is 4. The molecule has 0 unspecified atom stereocenters. The van der Waals surface area contributed by atoms with Gasteiger partial charge in [0.2, 0.25) is 11.8 Å². The highest BCUT2D eigenvalue weighted by Crippen LogP contribution is 2.29. The fourth-order valence-corrected chi connectivity index (χ4v) is 6.08. The molecule has 0 aromatic carbocycles. The van der Waals surface area contributed by atoms with Crippen LogP contribution in [0.3, 0.4) is 0 Å². The lowest BCUT2D eigenvalue weighted by Gasteiger charge is -2.34. The lowest BCUT2D eigenvalue weighted by Crippen LogP contribution is -2.48. The fraction of sp³-hybridized carbons (Fsp3) is 0.600. The molecule has 0 saturated carbocycles. The van der Waals surface area contributed by atoms with Gasteiger partial charge in [0.15, 0.2) is 0 Å². The highest BCUT2D eigenvalue weighted by atomic mass is 32.2. The van der Waals surface area contributed by atoms with Gasteiger partial charge in [-0.15, -0.1) is 11.3 Å². The van der Waals surface area contributed by atoms with Crippen LogP contribution in [-0.4, -0.2) is 48.6 Å². The Bertz CT molecular complexity index is 702. The highest BCUT2D eigenvalue weighted by Gasteiger charge is 2.38. The number of aryl methyl sites for hydroxylation is 1. The fourth-order valence-electron chi connectivity index (χ4n) is 3.16. The number of thiophene rings is 1. The van der Waals surface area contributed by atoms with Gasteiger partial charge in [-0.2, -0.15) is 4.31 Å². The SMILES string of the molecule is CCc1ccc(S(=O)(=O)N2CCC(N3C(=O)CCC3=O)CC2)s1. The summed E-state index contributed by atoms with van der Waals surface area (Å²) in [5, 5.41) is 0. The van der Waals surface area contributed by atoms with Gasteiger partial charge in [0.1, 0.15) is 4.21 Å². The smallest absolute Gasteiger partial charge is 0.252 e. The second kappa shape index (κ2) is 6.33. The molecule has 3 heterocycles. The summed E-state index contributed by atoms with van der Waals surface area (Å²) in [7, 11) is -3.46. The van der Waals surface area contributed by atoms with Crippen molar-refractivity contribution in [3.8, 4) is 0 Å². The molecule has 1 aromatic rings. The minimum atomic E-state index is -3.46. The van der Waals surface area contributed by atoms with Crippen molar-refractivity contribution in [2.45, 2.75) is 49.3 Å². The highest BCUT2D eigenvalue weighted by molar-refractivity contribution is 7.91. The molecule has 23 heavy (non-hydrogen) atoms. The zero-order chi connectivity index (χ0) is 16.6. The summed E-state index contributed by atoms with van der Waals surface area (Å²) in [6.45, 7) is 2.70. The van der Waals surface area contributed by atoms with Crippen molar-refractivity contribution in [3.63, 3.8) is 0 Å². The number of carbonyl (C=O) groups excluding carboxylic acids is 2.